The number of hydrogen-bond acceptors (Lipinski definition) is 6. The summed E-state index contributed by atoms with van der Waals surface area (Å²) in [4.78, 5) is 17.1. The van der Waals surface area contributed by atoms with E-state index in [1.807, 2.05) is 36.6 Å². The average molecular weight is 447 g/mol. The van der Waals surface area contributed by atoms with E-state index in [0.717, 1.165) is 27.8 Å². The molecule has 0 atom stereocenters. The van der Waals surface area contributed by atoms with Crippen LogP contribution in [0.2, 0.25) is 5.02 Å². The highest BCUT2D eigenvalue weighted by Crippen LogP contribution is 2.37. The van der Waals surface area contributed by atoms with Crippen molar-refractivity contribution in [1.82, 2.24) is 4.98 Å². The summed E-state index contributed by atoms with van der Waals surface area (Å²) in [5.41, 5.74) is 3.23. The smallest absolute Gasteiger partial charge is 0.255 e. The van der Waals surface area contributed by atoms with Gasteiger partial charge < -0.3 is 14.8 Å². The minimum absolute atomic E-state index is 0.226. The van der Waals surface area contributed by atoms with Gasteiger partial charge in [-0.3, -0.25) is 4.79 Å². The zero-order chi connectivity index (χ0) is 20.2. The third-order valence-corrected chi connectivity index (χ3v) is 6.78. The Morgan fingerprint density at radius 1 is 1.21 bits per heavy atom. The first kappa shape index (κ1) is 20.1. The molecule has 0 radical (unpaired) electrons. The Morgan fingerprint density at radius 2 is 1.93 bits per heavy atom. The van der Waals surface area contributed by atoms with Crippen LogP contribution in [0, 0.1) is 6.92 Å². The summed E-state index contributed by atoms with van der Waals surface area (Å²) in [6.07, 6.45) is 0.806. The lowest BCUT2D eigenvalue weighted by molar-refractivity contribution is 0.102. The third kappa shape index (κ3) is 5.04. The molecule has 1 N–H and O–H groups in total. The topological polar surface area (TPSA) is 60.5 Å². The SMILES string of the molecule is Cc1csc(SCc2ccc(C(=O)Nc3cc4c(cc3Cl)OCCCO4)cc2)n1. The van der Waals surface area contributed by atoms with Gasteiger partial charge in [0.05, 0.1) is 23.9 Å². The van der Waals surface area contributed by atoms with Crippen LogP contribution in [0.15, 0.2) is 46.1 Å². The van der Waals surface area contributed by atoms with Gasteiger partial charge in [-0.25, -0.2) is 4.98 Å². The highest BCUT2D eigenvalue weighted by atomic mass is 35.5. The molecule has 0 aliphatic carbocycles. The molecular weight excluding hydrogens is 428 g/mol. The molecule has 2 heterocycles. The lowest BCUT2D eigenvalue weighted by atomic mass is 10.1. The van der Waals surface area contributed by atoms with Crippen molar-refractivity contribution >= 4 is 46.3 Å². The number of benzene rings is 2. The van der Waals surface area contributed by atoms with E-state index >= 15 is 0 Å². The number of thiazole rings is 1. The van der Waals surface area contributed by atoms with Crippen molar-refractivity contribution in [1.29, 1.82) is 0 Å². The van der Waals surface area contributed by atoms with Crippen molar-refractivity contribution in [2.45, 2.75) is 23.4 Å². The Bertz CT molecular complexity index is 1020. The van der Waals surface area contributed by atoms with Crippen LogP contribution >= 0.6 is 34.7 Å². The molecule has 1 aliphatic heterocycles. The minimum Gasteiger partial charge on any atom is -0.490 e. The van der Waals surface area contributed by atoms with Gasteiger partial charge in [-0.1, -0.05) is 35.5 Å². The standard InChI is InChI=1S/C21H19ClN2O3S2/c1-13-11-28-21(23-13)29-12-14-3-5-15(6-4-14)20(25)24-17-10-19-18(9-16(17)22)26-7-2-8-27-19/h3-6,9-11H,2,7-8,12H2,1H3,(H,24,25). The number of aryl methyl sites for hydroxylation is 1. The normalized spacial score (nSPS) is 13.0. The molecule has 4 rings (SSSR count). The maximum absolute atomic E-state index is 12.6. The fourth-order valence-corrected chi connectivity index (χ4v) is 4.78. The second kappa shape index (κ2) is 9.07. The van der Waals surface area contributed by atoms with E-state index in [1.54, 1.807) is 35.2 Å². The summed E-state index contributed by atoms with van der Waals surface area (Å²) in [5.74, 6) is 1.77. The van der Waals surface area contributed by atoms with Crippen LogP contribution in [0.1, 0.15) is 28.0 Å². The molecule has 2 aromatic carbocycles. The van der Waals surface area contributed by atoms with Crippen molar-refractivity contribution in [3.8, 4) is 11.5 Å². The molecule has 0 unspecified atom stereocenters. The van der Waals surface area contributed by atoms with E-state index in [0.29, 0.717) is 41.0 Å². The number of rotatable bonds is 5. The Hall–Kier alpha value is -2.22. The van der Waals surface area contributed by atoms with Gasteiger partial charge in [0, 0.05) is 40.9 Å². The van der Waals surface area contributed by atoms with Crippen LogP contribution in [0.25, 0.3) is 0 Å². The van der Waals surface area contributed by atoms with E-state index in [9.17, 15) is 4.79 Å². The van der Waals surface area contributed by atoms with Crippen molar-refractivity contribution in [2.75, 3.05) is 18.5 Å². The molecule has 1 aliphatic rings. The highest BCUT2D eigenvalue weighted by Gasteiger charge is 2.16. The fourth-order valence-electron chi connectivity index (χ4n) is 2.77. The van der Waals surface area contributed by atoms with Crippen LogP contribution in [0.5, 0.6) is 11.5 Å². The molecule has 1 amide bonds. The summed E-state index contributed by atoms with van der Waals surface area (Å²) in [6.45, 7) is 3.15. The van der Waals surface area contributed by atoms with E-state index in [2.05, 4.69) is 10.3 Å². The van der Waals surface area contributed by atoms with Gasteiger partial charge in [0.2, 0.25) is 0 Å². The molecule has 0 spiro atoms. The monoisotopic (exact) mass is 446 g/mol. The first-order valence-electron chi connectivity index (χ1n) is 9.13. The maximum Gasteiger partial charge on any atom is 0.255 e. The lowest BCUT2D eigenvalue weighted by Gasteiger charge is -2.12. The van der Waals surface area contributed by atoms with Crippen LogP contribution in [-0.2, 0) is 5.75 Å². The number of thioether (sulfide) groups is 1. The number of amides is 1. The number of aromatic nitrogens is 1. The average Bonchev–Trinajstić information content (AvgIpc) is 3.00. The lowest BCUT2D eigenvalue weighted by Crippen LogP contribution is -2.12. The molecule has 29 heavy (non-hydrogen) atoms. The first-order chi connectivity index (χ1) is 14.1. The second-order valence-electron chi connectivity index (χ2n) is 6.52. The molecule has 0 fully saturated rings. The quantitative estimate of drug-likeness (QED) is 0.501. The summed E-state index contributed by atoms with van der Waals surface area (Å²) in [5, 5.41) is 5.31. The van der Waals surface area contributed by atoms with E-state index in [-0.39, 0.29) is 5.91 Å². The van der Waals surface area contributed by atoms with Crippen LogP contribution in [-0.4, -0.2) is 24.1 Å². The summed E-state index contributed by atoms with van der Waals surface area (Å²) < 4.78 is 12.3. The van der Waals surface area contributed by atoms with E-state index in [4.69, 9.17) is 21.1 Å². The number of carbonyl (C=O) groups is 1. The highest BCUT2D eigenvalue weighted by molar-refractivity contribution is 8.00. The molecule has 0 bridgehead atoms. The number of fused-ring (bicyclic) bond motifs is 1. The number of hydrogen-bond donors (Lipinski definition) is 1. The Kier molecular flexibility index (Phi) is 6.28. The molecule has 150 valence electrons. The maximum atomic E-state index is 12.6. The molecular formula is C21H19ClN2O3S2. The van der Waals surface area contributed by atoms with Crippen molar-refractivity contribution in [3.63, 3.8) is 0 Å². The summed E-state index contributed by atoms with van der Waals surface area (Å²) in [6, 6.07) is 10.9. The van der Waals surface area contributed by atoms with Crippen molar-refractivity contribution in [3.05, 3.63) is 63.6 Å². The van der Waals surface area contributed by atoms with Crippen LogP contribution in [0.4, 0.5) is 5.69 Å². The summed E-state index contributed by atoms with van der Waals surface area (Å²) in [7, 11) is 0. The molecule has 3 aromatic rings. The third-order valence-electron chi connectivity index (χ3n) is 4.26. The predicted molar refractivity (Wildman–Crippen MR) is 118 cm³/mol. The van der Waals surface area contributed by atoms with Gasteiger partial charge in [0.15, 0.2) is 11.5 Å². The number of carbonyl (C=O) groups excluding carboxylic acids is 1. The zero-order valence-electron chi connectivity index (χ0n) is 15.7. The number of nitrogens with one attached hydrogen (secondary N) is 1. The van der Waals surface area contributed by atoms with Gasteiger partial charge in [-0.05, 0) is 24.6 Å². The molecule has 1 aromatic heterocycles. The van der Waals surface area contributed by atoms with E-state index in [1.165, 1.54) is 0 Å². The van der Waals surface area contributed by atoms with Gasteiger partial charge in [-0.15, -0.1) is 11.3 Å². The molecule has 0 saturated heterocycles. The minimum atomic E-state index is -0.226. The van der Waals surface area contributed by atoms with Gasteiger partial charge >= 0.3 is 0 Å². The van der Waals surface area contributed by atoms with Crippen LogP contribution in [0.3, 0.4) is 0 Å². The Labute approximate surface area is 182 Å². The van der Waals surface area contributed by atoms with Gasteiger partial charge in [-0.2, -0.15) is 0 Å². The Balaban J connectivity index is 1.41. The largest absolute Gasteiger partial charge is 0.490 e. The van der Waals surface area contributed by atoms with Crippen LogP contribution < -0.4 is 14.8 Å². The Morgan fingerprint density at radius 3 is 2.62 bits per heavy atom. The first-order valence-corrected chi connectivity index (χ1v) is 11.4. The number of nitrogens with zero attached hydrogens (tertiary/aromatic N) is 1. The molecule has 0 saturated carbocycles. The van der Waals surface area contributed by atoms with Gasteiger partial charge in [0.1, 0.15) is 4.34 Å². The van der Waals surface area contributed by atoms with Gasteiger partial charge in [0.25, 0.3) is 5.91 Å². The molecule has 8 heteroatoms. The van der Waals surface area contributed by atoms with Crippen molar-refractivity contribution < 1.29 is 14.3 Å². The van der Waals surface area contributed by atoms with Crippen molar-refractivity contribution in [2.24, 2.45) is 0 Å². The number of anilines is 1. The zero-order valence-corrected chi connectivity index (χ0v) is 18.1. The second-order valence-corrected chi connectivity index (χ2v) is 9.01. The predicted octanol–water partition coefficient (Wildman–Crippen LogP) is 5.81. The fraction of sp³-hybridized carbons (Fsp3) is 0.238. The number of halogens is 1. The molecule has 5 nitrogen and oxygen atoms in total. The number of ether oxygens (including phenoxy) is 2. The summed E-state index contributed by atoms with van der Waals surface area (Å²) >= 11 is 9.65. The van der Waals surface area contributed by atoms with E-state index < -0.39 is 0 Å².